The highest BCUT2D eigenvalue weighted by molar-refractivity contribution is 7.88. The molecule has 3 heterocycles. The summed E-state index contributed by atoms with van der Waals surface area (Å²) < 4.78 is 30.5. The molecule has 4 rings (SSSR count). The van der Waals surface area contributed by atoms with Crippen molar-refractivity contribution < 1.29 is 17.9 Å². The second-order valence-electron chi connectivity index (χ2n) is 8.04. The van der Waals surface area contributed by atoms with Gasteiger partial charge in [-0.25, -0.2) is 13.4 Å². The fourth-order valence-electron chi connectivity index (χ4n) is 4.24. The van der Waals surface area contributed by atoms with Crippen LogP contribution in [-0.4, -0.2) is 66.5 Å². The van der Waals surface area contributed by atoms with Crippen molar-refractivity contribution in [2.24, 2.45) is 0 Å². The SMILES string of the molecule is COc1ccccc1CC(=O)N1CCC(c2nc3c(c(=O)[nH]2)CCN(S(C)(=O)=O)C3)C1. The molecule has 0 radical (unpaired) electrons. The number of carbonyl (C=O) groups excluding carboxylic acids is 1. The normalized spacial score (nSPS) is 19.3. The summed E-state index contributed by atoms with van der Waals surface area (Å²) in [4.78, 5) is 34.6. The number of hydrogen-bond acceptors (Lipinski definition) is 6. The Labute approximate surface area is 181 Å². The Morgan fingerprint density at radius 1 is 1.29 bits per heavy atom. The molecule has 1 N–H and O–H groups in total. The summed E-state index contributed by atoms with van der Waals surface area (Å²) in [5.41, 5.74) is 1.67. The van der Waals surface area contributed by atoms with E-state index in [-0.39, 0.29) is 36.9 Å². The standard InChI is InChI=1S/C21H26N4O5S/c1-30-18-6-4-3-5-14(18)11-19(26)24-9-7-15(12-24)20-22-17-13-25(31(2,28)29)10-8-16(17)21(27)23-20/h3-6,15H,7-13H2,1-2H3,(H,22,23,27). The van der Waals surface area contributed by atoms with E-state index in [1.54, 1.807) is 12.0 Å². The van der Waals surface area contributed by atoms with Crippen LogP contribution >= 0.6 is 0 Å². The van der Waals surface area contributed by atoms with E-state index in [1.807, 2.05) is 24.3 Å². The second-order valence-corrected chi connectivity index (χ2v) is 10.0. The minimum Gasteiger partial charge on any atom is -0.496 e. The smallest absolute Gasteiger partial charge is 0.254 e. The van der Waals surface area contributed by atoms with Gasteiger partial charge in [0.15, 0.2) is 0 Å². The van der Waals surface area contributed by atoms with Gasteiger partial charge in [0.1, 0.15) is 11.6 Å². The number of ether oxygens (including phenoxy) is 1. The van der Waals surface area contributed by atoms with Crippen molar-refractivity contribution in [3.63, 3.8) is 0 Å². The highest BCUT2D eigenvalue weighted by Gasteiger charge is 2.32. The monoisotopic (exact) mass is 446 g/mol. The lowest BCUT2D eigenvalue weighted by Crippen LogP contribution is -2.39. The van der Waals surface area contributed by atoms with Gasteiger partial charge in [0, 0.05) is 36.7 Å². The number of benzene rings is 1. The van der Waals surface area contributed by atoms with Gasteiger partial charge in [-0.2, -0.15) is 4.31 Å². The fourth-order valence-corrected chi connectivity index (χ4v) is 5.02. The maximum absolute atomic E-state index is 12.8. The molecule has 1 aromatic carbocycles. The number of sulfonamides is 1. The van der Waals surface area contributed by atoms with Gasteiger partial charge in [0.2, 0.25) is 15.9 Å². The predicted octanol–water partition coefficient (Wildman–Crippen LogP) is 0.655. The van der Waals surface area contributed by atoms with Crippen LogP contribution in [0.25, 0.3) is 0 Å². The lowest BCUT2D eigenvalue weighted by Gasteiger charge is -2.26. The van der Waals surface area contributed by atoms with Gasteiger partial charge in [-0.05, 0) is 18.9 Å². The summed E-state index contributed by atoms with van der Waals surface area (Å²) in [6, 6.07) is 7.44. The molecule has 1 amide bonds. The Balaban J connectivity index is 1.49. The van der Waals surface area contributed by atoms with Crippen molar-refractivity contribution >= 4 is 15.9 Å². The summed E-state index contributed by atoms with van der Waals surface area (Å²) in [5.74, 6) is 1.11. The van der Waals surface area contributed by atoms with Crippen LogP contribution in [-0.2, 0) is 34.2 Å². The molecule has 1 atom stereocenters. The number of fused-ring (bicyclic) bond motifs is 1. The molecule has 0 aliphatic carbocycles. The van der Waals surface area contributed by atoms with Crippen molar-refractivity contribution in [1.82, 2.24) is 19.2 Å². The molecule has 10 heteroatoms. The number of nitrogens with one attached hydrogen (secondary N) is 1. The molecular formula is C21H26N4O5S. The van der Waals surface area contributed by atoms with E-state index in [1.165, 1.54) is 4.31 Å². The Kier molecular flexibility index (Phi) is 5.85. The first-order valence-electron chi connectivity index (χ1n) is 10.2. The molecule has 2 aromatic rings. The van der Waals surface area contributed by atoms with Crippen LogP contribution in [0, 0.1) is 0 Å². The molecule has 2 aliphatic heterocycles. The van der Waals surface area contributed by atoms with Crippen molar-refractivity contribution in [2.75, 3.05) is 33.0 Å². The van der Waals surface area contributed by atoms with Gasteiger partial charge in [-0.15, -0.1) is 0 Å². The molecule has 1 saturated heterocycles. The summed E-state index contributed by atoms with van der Waals surface area (Å²) >= 11 is 0. The van der Waals surface area contributed by atoms with Crippen LogP contribution in [0.1, 0.15) is 35.0 Å². The minimum absolute atomic E-state index is 0.00411. The zero-order chi connectivity index (χ0) is 22.2. The van der Waals surface area contributed by atoms with E-state index < -0.39 is 10.0 Å². The summed E-state index contributed by atoms with van der Waals surface area (Å²) in [5, 5.41) is 0. The number of para-hydroxylation sites is 1. The summed E-state index contributed by atoms with van der Waals surface area (Å²) in [7, 11) is -1.77. The number of H-pyrrole nitrogens is 1. The quantitative estimate of drug-likeness (QED) is 0.722. The molecule has 0 bridgehead atoms. The maximum Gasteiger partial charge on any atom is 0.254 e. The molecule has 9 nitrogen and oxygen atoms in total. The zero-order valence-electron chi connectivity index (χ0n) is 17.6. The second kappa shape index (κ2) is 8.43. The van der Waals surface area contributed by atoms with Crippen molar-refractivity contribution in [3.8, 4) is 5.75 Å². The highest BCUT2D eigenvalue weighted by atomic mass is 32.2. The summed E-state index contributed by atoms with van der Waals surface area (Å²) in [6.45, 7) is 1.43. The van der Waals surface area contributed by atoms with Crippen LogP contribution < -0.4 is 10.3 Å². The third kappa shape index (κ3) is 4.49. The Morgan fingerprint density at radius 2 is 2.06 bits per heavy atom. The van der Waals surface area contributed by atoms with Gasteiger partial charge in [0.25, 0.3) is 5.56 Å². The van der Waals surface area contributed by atoms with Crippen LogP contribution in [0.5, 0.6) is 5.75 Å². The number of aromatic amines is 1. The van der Waals surface area contributed by atoms with Crippen LogP contribution in [0.4, 0.5) is 0 Å². The van der Waals surface area contributed by atoms with Crippen LogP contribution in [0.2, 0.25) is 0 Å². The van der Waals surface area contributed by atoms with Crippen molar-refractivity contribution in [3.05, 3.63) is 57.3 Å². The largest absolute Gasteiger partial charge is 0.496 e. The number of methoxy groups -OCH3 is 1. The molecular weight excluding hydrogens is 420 g/mol. The first-order chi connectivity index (χ1) is 14.8. The molecule has 166 valence electrons. The lowest BCUT2D eigenvalue weighted by atomic mass is 10.1. The average molecular weight is 447 g/mol. The molecule has 0 spiro atoms. The van der Waals surface area contributed by atoms with Crippen molar-refractivity contribution in [2.45, 2.75) is 31.7 Å². The molecule has 1 aromatic heterocycles. The predicted molar refractivity (Wildman–Crippen MR) is 114 cm³/mol. The van der Waals surface area contributed by atoms with E-state index in [9.17, 15) is 18.0 Å². The number of amides is 1. The Morgan fingerprint density at radius 3 is 2.81 bits per heavy atom. The van der Waals surface area contributed by atoms with Gasteiger partial charge in [-0.1, -0.05) is 18.2 Å². The zero-order valence-corrected chi connectivity index (χ0v) is 18.4. The Bertz CT molecular complexity index is 1160. The number of hydrogen-bond donors (Lipinski definition) is 1. The number of aromatic nitrogens is 2. The third-order valence-electron chi connectivity index (χ3n) is 5.99. The number of nitrogens with zero attached hydrogens (tertiary/aromatic N) is 3. The first kappa shape index (κ1) is 21.5. The molecule has 1 unspecified atom stereocenters. The van der Waals surface area contributed by atoms with Crippen LogP contribution in [0.3, 0.4) is 0 Å². The van der Waals surface area contributed by atoms with Gasteiger partial charge < -0.3 is 14.6 Å². The van der Waals surface area contributed by atoms with Crippen LogP contribution in [0.15, 0.2) is 29.1 Å². The Hall–Kier alpha value is -2.72. The number of rotatable bonds is 5. The van der Waals surface area contributed by atoms with E-state index in [0.29, 0.717) is 48.8 Å². The van der Waals surface area contributed by atoms with E-state index >= 15 is 0 Å². The maximum atomic E-state index is 12.8. The first-order valence-corrected chi connectivity index (χ1v) is 12.1. The highest BCUT2D eigenvalue weighted by Crippen LogP contribution is 2.27. The molecule has 1 fully saturated rings. The molecule has 31 heavy (non-hydrogen) atoms. The minimum atomic E-state index is -3.35. The average Bonchev–Trinajstić information content (AvgIpc) is 3.23. The lowest BCUT2D eigenvalue weighted by molar-refractivity contribution is -0.129. The van der Waals surface area contributed by atoms with E-state index in [0.717, 1.165) is 11.8 Å². The van der Waals surface area contributed by atoms with E-state index in [2.05, 4.69) is 9.97 Å². The fraction of sp³-hybridized carbons (Fsp3) is 0.476. The topological polar surface area (TPSA) is 113 Å². The van der Waals surface area contributed by atoms with Gasteiger partial charge in [0.05, 0.1) is 32.0 Å². The van der Waals surface area contributed by atoms with Crippen molar-refractivity contribution in [1.29, 1.82) is 0 Å². The molecule has 0 saturated carbocycles. The van der Waals surface area contributed by atoms with Gasteiger partial charge in [-0.3, -0.25) is 9.59 Å². The third-order valence-corrected chi connectivity index (χ3v) is 7.24. The summed E-state index contributed by atoms with van der Waals surface area (Å²) in [6.07, 6.45) is 2.44. The van der Waals surface area contributed by atoms with E-state index in [4.69, 9.17) is 4.74 Å². The number of carbonyl (C=O) groups is 1. The van der Waals surface area contributed by atoms with Gasteiger partial charge >= 0.3 is 0 Å². The molecule has 2 aliphatic rings. The number of likely N-dealkylation sites (tertiary alicyclic amines) is 1.